The first kappa shape index (κ1) is 22.1. The van der Waals surface area contributed by atoms with Crippen LogP contribution in [0.2, 0.25) is 0 Å². The molecule has 1 fully saturated rings. The van der Waals surface area contributed by atoms with E-state index in [4.69, 9.17) is 4.98 Å². The van der Waals surface area contributed by atoms with Crippen molar-refractivity contribution in [2.24, 2.45) is 11.8 Å². The van der Waals surface area contributed by atoms with Gasteiger partial charge in [0.2, 0.25) is 0 Å². The second-order valence-electron chi connectivity index (χ2n) is 9.27. The van der Waals surface area contributed by atoms with E-state index < -0.39 is 0 Å². The Hall–Kier alpha value is -1.63. The second kappa shape index (κ2) is 12.2. The lowest BCUT2D eigenvalue weighted by Gasteiger charge is -2.28. The third-order valence-corrected chi connectivity index (χ3v) is 6.90. The maximum Gasteiger partial charge on any atom is 0.0702 e. The minimum Gasteiger partial charge on any atom is -0.256 e. The second-order valence-corrected chi connectivity index (χ2v) is 9.27. The summed E-state index contributed by atoms with van der Waals surface area (Å²) in [6.45, 7) is 4.59. The normalized spacial score (nSPS) is 19.4. The van der Waals surface area contributed by atoms with Crippen LogP contribution in [0.1, 0.15) is 95.6 Å². The van der Waals surface area contributed by atoms with Gasteiger partial charge in [0, 0.05) is 11.8 Å². The molecule has 1 aromatic heterocycles. The molecule has 1 aromatic carbocycles. The van der Waals surface area contributed by atoms with Gasteiger partial charge in [0.25, 0.3) is 0 Å². The fourth-order valence-electron chi connectivity index (χ4n) is 4.93. The highest BCUT2D eigenvalue weighted by Gasteiger charge is 2.20. The molecule has 0 radical (unpaired) electrons. The minimum atomic E-state index is 0.953. The minimum absolute atomic E-state index is 0.953. The van der Waals surface area contributed by atoms with E-state index in [0.29, 0.717) is 0 Å². The Morgan fingerprint density at radius 3 is 2.00 bits per heavy atom. The molecule has 0 bridgehead atoms. The number of aromatic nitrogens is 1. The molecule has 2 aromatic rings. The molecule has 1 aliphatic rings. The van der Waals surface area contributed by atoms with Gasteiger partial charge in [0.05, 0.1) is 5.69 Å². The number of aryl methyl sites for hydroxylation is 2. The Morgan fingerprint density at radius 2 is 1.38 bits per heavy atom. The maximum atomic E-state index is 4.72. The molecule has 1 aliphatic carbocycles. The number of benzene rings is 1. The van der Waals surface area contributed by atoms with Gasteiger partial charge in [-0.15, -0.1) is 0 Å². The van der Waals surface area contributed by atoms with Gasteiger partial charge in [-0.05, 0) is 54.7 Å². The molecule has 0 aliphatic heterocycles. The molecule has 0 atom stereocenters. The van der Waals surface area contributed by atoms with Gasteiger partial charge < -0.3 is 0 Å². The van der Waals surface area contributed by atoms with Crippen LogP contribution >= 0.6 is 0 Å². The Bertz CT molecular complexity index is 677. The van der Waals surface area contributed by atoms with Crippen molar-refractivity contribution in [3.63, 3.8) is 0 Å². The van der Waals surface area contributed by atoms with Crippen molar-refractivity contribution < 1.29 is 0 Å². The summed E-state index contributed by atoms with van der Waals surface area (Å²) in [5.74, 6) is 1.97. The Kier molecular flexibility index (Phi) is 9.25. The molecule has 3 rings (SSSR count). The van der Waals surface area contributed by atoms with Gasteiger partial charge in [0.1, 0.15) is 0 Å². The van der Waals surface area contributed by atoms with E-state index in [2.05, 4.69) is 56.4 Å². The fraction of sp³-hybridized carbons (Fsp3) is 0.607. The van der Waals surface area contributed by atoms with Crippen LogP contribution in [-0.4, -0.2) is 4.98 Å². The Morgan fingerprint density at radius 1 is 0.690 bits per heavy atom. The molecule has 1 heteroatoms. The molecule has 0 saturated heterocycles. The summed E-state index contributed by atoms with van der Waals surface area (Å²) in [7, 11) is 0. The standard InChI is InChI=1S/C28H41N/c1-3-5-6-7-9-26-18-21-28(29-22-26)27-19-16-25(17-20-27)15-14-24-12-10-23(8-4-2)11-13-24/h16-24H,3-15H2,1-2H3. The predicted octanol–water partition coefficient (Wildman–Crippen LogP) is 8.41. The van der Waals surface area contributed by atoms with E-state index in [-0.39, 0.29) is 0 Å². The molecule has 1 heterocycles. The van der Waals surface area contributed by atoms with Gasteiger partial charge in [-0.2, -0.15) is 0 Å². The lowest BCUT2D eigenvalue weighted by atomic mass is 9.78. The number of hydrogen-bond acceptors (Lipinski definition) is 1. The van der Waals surface area contributed by atoms with Gasteiger partial charge in [-0.3, -0.25) is 4.98 Å². The molecular formula is C28H41N. The third kappa shape index (κ3) is 7.28. The van der Waals surface area contributed by atoms with Gasteiger partial charge in [-0.1, -0.05) is 102 Å². The SMILES string of the molecule is CCCCCCc1ccc(-c2ccc(CCC3CCC(CCC)CC3)cc2)nc1. The molecule has 0 amide bonds. The zero-order chi connectivity index (χ0) is 20.3. The molecule has 0 N–H and O–H groups in total. The lowest BCUT2D eigenvalue weighted by molar-refractivity contribution is 0.252. The van der Waals surface area contributed by atoms with Crippen LogP contribution in [0.3, 0.4) is 0 Å². The molecular weight excluding hydrogens is 350 g/mol. The summed E-state index contributed by atoms with van der Waals surface area (Å²) < 4.78 is 0. The first-order valence-electron chi connectivity index (χ1n) is 12.3. The van der Waals surface area contributed by atoms with Crippen LogP contribution < -0.4 is 0 Å². The average Bonchev–Trinajstić information content (AvgIpc) is 2.77. The average molecular weight is 392 g/mol. The lowest BCUT2D eigenvalue weighted by Crippen LogP contribution is -2.15. The van der Waals surface area contributed by atoms with Crippen molar-refractivity contribution in [2.75, 3.05) is 0 Å². The summed E-state index contributed by atoms with van der Waals surface area (Å²) in [5.41, 5.74) is 5.20. The Balaban J connectivity index is 1.44. The molecule has 1 saturated carbocycles. The molecule has 158 valence electrons. The van der Waals surface area contributed by atoms with E-state index >= 15 is 0 Å². The van der Waals surface area contributed by atoms with Crippen LogP contribution in [0.4, 0.5) is 0 Å². The third-order valence-electron chi connectivity index (χ3n) is 6.90. The summed E-state index contributed by atoms with van der Waals surface area (Å²) in [5, 5.41) is 0. The first-order valence-corrected chi connectivity index (χ1v) is 12.3. The summed E-state index contributed by atoms with van der Waals surface area (Å²) in [4.78, 5) is 4.72. The summed E-state index contributed by atoms with van der Waals surface area (Å²) in [6, 6.07) is 13.6. The van der Waals surface area contributed by atoms with E-state index in [1.807, 2.05) is 0 Å². The van der Waals surface area contributed by atoms with E-state index in [9.17, 15) is 0 Å². The number of unbranched alkanes of at least 4 members (excludes halogenated alkanes) is 3. The Labute approximate surface area is 179 Å². The van der Waals surface area contributed by atoms with Crippen molar-refractivity contribution in [3.05, 3.63) is 53.7 Å². The van der Waals surface area contributed by atoms with Crippen molar-refractivity contribution >= 4 is 0 Å². The van der Waals surface area contributed by atoms with Crippen molar-refractivity contribution in [3.8, 4) is 11.3 Å². The fourth-order valence-corrected chi connectivity index (χ4v) is 4.93. The van der Waals surface area contributed by atoms with E-state index in [0.717, 1.165) is 24.0 Å². The van der Waals surface area contributed by atoms with Gasteiger partial charge >= 0.3 is 0 Å². The monoisotopic (exact) mass is 391 g/mol. The van der Waals surface area contributed by atoms with Crippen LogP contribution in [0, 0.1) is 11.8 Å². The first-order chi connectivity index (χ1) is 14.3. The quantitative estimate of drug-likeness (QED) is 0.350. The topological polar surface area (TPSA) is 12.9 Å². The highest BCUT2D eigenvalue weighted by Crippen LogP contribution is 2.34. The maximum absolute atomic E-state index is 4.72. The van der Waals surface area contributed by atoms with Crippen LogP contribution in [0.25, 0.3) is 11.3 Å². The highest BCUT2D eigenvalue weighted by atomic mass is 14.7. The smallest absolute Gasteiger partial charge is 0.0702 e. The van der Waals surface area contributed by atoms with Gasteiger partial charge in [-0.25, -0.2) is 0 Å². The summed E-state index contributed by atoms with van der Waals surface area (Å²) >= 11 is 0. The zero-order valence-electron chi connectivity index (χ0n) is 18.8. The molecule has 0 unspecified atom stereocenters. The van der Waals surface area contributed by atoms with Crippen molar-refractivity contribution in [1.82, 2.24) is 4.98 Å². The van der Waals surface area contributed by atoms with Gasteiger partial charge in [0.15, 0.2) is 0 Å². The van der Waals surface area contributed by atoms with Crippen LogP contribution in [0.15, 0.2) is 42.6 Å². The number of pyridine rings is 1. The number of nitrogens with zero attached hydrogens (tertiary/aromatic N) is 1. The zero-order valence-corrected chi connectivity index (χ0v) is 18.8. The van der Waals surface area contributed by atoms with E-state index in [1.165, 1.54) is 93.7 Å². The van der Waals surface area contributed by atoms with E-state index in [1.54, 1.807) is 0 Å². The van der Waals surface area contributed by atoms with Crippen molar-refractivity contribution in [2.45, 2.75) is 97.3 Å². The molecule has 0 spiro atoms. The van der Waals surface area contributed by atoms with Crippen LogP contribution in [-0.2, 0) is 12.8 Å². The molecule has 1 nitrogen and oxygen atoms in total. The summed E-state index contributed by atoms with van der Waals surface area (Å²) in [6.07, 6.45) is 19.7. The molecule has 29 heavy (non-hydrogen) atoms. The predicted molar refractivity (Wildman–Crippen MR) is 126 cm³/mol. The highest BCUT2D eigenvalue weighted by molar-refractivity contribution is 5.59. The van der Waals surface area contributed by atoms with Crippen molar-refractivity contribution in [1.29, 1.82) is 0 Å². The largest absolute Gasteiger partial charge is 0.256 e. The van der Waals surface area contributed by atoms with Crippen LogP contribution in [0.5, 0.6) is 0 Å². The number of rotatable bonds is 11. The number of hydrogen-bond donors (Lipinski definition) is 0.